The molecule has 0 N–H and O–H groups in total. The van der Waals surface area contributed by atoms with E-state index in [1.165, 1.54) is 0 Å². The SMILES string of the molecule is CC(C)=NC(C)S. The Labute approximate surface area is 50.2 Å². The molecule has 0 aromatic heterocycles. The average molecular weight is 117 g/mol. The maximum Gasteiger partial charge on any atom is 0.0894 e. The van der Waals surface area contributed by atoms with E-state index in [9.17, 15) is 0 Å². The minimum Gasteiger partial charge on any atom is -0.281 e. The molecule has 0 aromatic rings. The molecule has 0 radical (unpaired) electrons. The summed E-state index contributed by atoms with van der Waals surface area (Å²) in [6.07, 6.45) is 0. The lowest BCUT2D eigenvalue weighted by atomic mass is 10.5. The first-order chi connectivity index (χ1) is 3.13. The molecule has 0 saturated carbocycles. The first-order valence-electron chi connectivity index (χ1n) is 2.32. The molecular weight excluding hydrogens is 106 g/mol. The topological polar surface area (TPSA) is 12.4 Å². The van der Waals surface area contributed by atoms with Crippen molar-refractivity contribution in [2.75, 3.05) is 0 Å². The van der Waals surface area contributed by atoms with Crippen LogP contribution in [0, 0.1) is 0 Å². The molecule has 0 aromatic carbocycles. The van der Waals surface area contributed by atoms with Gasteiger partial charge in [0.1, 0.15) is 0 Å². The number of rotatable bonds is 1. The molecule has 0 aliphatic carbocycles. The second-order valence-electron chi connectivity index (χ2n) is 1.71. The molecular formula is C5H11NS. The van der Waals surface area contributed by atoms with Gasteiger partial charge >= 0.3 is 0 Å². The van der Waals surface area contributed by atoms with Crippen LogP contribution in [0.25, 0.3) is 0 Å². The van der Waals surface area contributed by atoms with E-state index in [-0.39, 0.29) is 5.37 Å². The molecule has 0 heterocycles. The maximum absolute atomic E-state index is 4.06. The largest absolute Gasteiger partial charge is 0.281 e. The van der Waals surface area contributed by atoms with Gasteiger partial charge in [0, 0.05) is 5.71 Å². The van der Waals surface area contributed by atoms with E-state index >= 15 is 0 Å². The van der Waals surface area contributed by atoms with Crippen LogP contribution in [-0.2, 0) is 0 Å². The van der Waals surface area contributed by atoms with Gasteiger partial charge in [-0.3, -0.25) is 4.99 Å². The van der Waals surface area contributed by atoms with Gasteiger partial charge in [-0.2, -0.15) is 12.6 Å². The Bertz CT molecular complexity index is 72.1. The van der Waals surface area contributed by atoms with E-state index < -0.39 is 0 Å². The van der Waals surface area contributed by atoms with E-state index in [1.807, 2.05) is 20.8 Å². The third kappa shape index (κ3) is 6.02. The fourth-order valence-corrected chi connectivity index (χ4v) is 0.605. The van der Waals surface area contributed by atoms with E-state index in [1.54, 1.807) is 0 Å². The molecule has 0 aliphatic heterocycles. The van der Waals surface area contributed by atoms with Gasteiger partial charge in [0.2, 0.25) is 0 Å². The predicted molar refractivity (Wildman–Crippen MR) is 37.2 cm³/mol. The molecule has 0 saturated heterocycles. The molecule has 7 heavy (non-hydrogen) atoms. The van der Waals surface area contributed by atoms with Gasteiger partial charge in [0.15, 0.2) is 0 Å². The predicted octanol–water partition coefficient (Wildman–Crippen LogP) is 1.74. The van der Waals surface area contributed by atoms with Gasteiger partial charge in [0.25, 0.3) is 0 Å². The highest BCUT2D eigenvalue weighted by atomic mass is 32.1. The zero-order valence-electron chi connectivity index (χ0n) is 4.97. The third-order valence-electron chi connectivity index (χ3n) is 0.445. The molecule has 2 heteroatoms. The Morgan fingerprint density at radius 2 is 2.00 bits per heavy atom. The molecule has 0 aliphatic rings. The van der Waals surface area contributed by atoms with Crippen molar-refractivity contribution in [2.24, 2.45) is 4.99 Å². The summed E-state index contributed by atoms with van der Waals surface area (Å²) in [6, 6.07) is 0. The summed E-state index contributed by atoms with van der Waals surface area (Å²) in [5.41, 5.74) is 1.09. The van der Waals surface area contributed by atoms with Crippen LogP contribution in [0.5, 0.6) is 0 Å². The Balaban J connectivity index is 3.45. The van der Waals surface area contributed by atoms with Crippen LogP contribution < -0.4 is 0 Å². The van der Waals surface area contributed by atoms with Crippen molar-refractivity contribution in [3.63, 3.8) is 0 Å². The Kier molecular flexibility index (Phi) is 3.09. The fourth-order valence-electron chi connectivity index (χ4n) is 0.374. The lowest BCUT2D eigenvalue weighted by Gasteiger charge is -1.93. The highest BCUT2D eigenvalue weighted by Crippen LogP contribution is 1.93. The summed E-state index contributed by atoms with van der Waals surface area (Å²) < 4.78 is 0. The van der Waals surface area contributed by atoms with Crippen molar-refractivity contribution < 1.29 is 0 Å². The number of hydrogen-bond acceptors (Lipinski definition) is 2. The van der Waals surface area contributed by atoms with E-state index in [0.29, 0.717) is 0 Å². The Hall–Kier alpha value is 0.0200. The van der Waals surface area contributed by atoms with Crippen molar-refractivity contribution in [1.82, 2.24) is 0 Å². The average Bonchev–Trinajstić information content (AvgIpc) is 1.27. The van der Waals surface area contributed by atoms with Gasteiger partial charge in [-0.05, 0) is 20.8 Å². The molecule has 0 fully saturated rings. The molecule has 1 nitrogen and oxygen atoms in total. The maximum atomic E-state index is 4.06. The van der Waals surface area contributed by atoms with E-state index in [2.05, 4.69) is 17.6 Å². The third-order valence-corrected chi connectivity index (χ3v) is 0.561. The van der Waals surface area contributed by atoms with Gasteiger partial charge in [-0.25, -0.2) is 0 Å². The van der Waals surface area contributed by atoms with Gasteiger partial charge in [-0.15, -0.1) is 0 Å². The summed E-state index contributed by atoms with van der Waals surface area (Å²) in [6.45, 7) is 5.87. The first-order valence-corrected chi connectivity index (χ1v) is 2.83. The van der Waals surface area contributed by atoms with Gasteiger partial charge in [-0.1, -0.05) is 0 Å². The van der Waals surface area contributed by atoms with E-state index in [0.717, 1.165) is 5.71 Å². The van der Waals surface area contributed by atoms with Crippen LogP contribution in [0.15, 0.2) is 4.99 Å². The van der Waals surface area contributed by atoms with Crippen molar-refractivity contribution >= 4 is 18.3 Å². The Morgan fingerprint density at radius 3 is 2.00 bits per heavy atom. The Morgan fingerprint density at radius 1 is 1.57 bits per heavy atom. The quantitative estimate of drug-likeness (QED) is 0.397. The highest BCUT2D eigenvalue weighted by molar-refractivity contribution is 7.80. The van der Waals surface area contributed by atoms with Crippen LogP contribution in [0.4, 0.5) is 0 Å². The number of aliphatic imine (C=N–C) groups is 1. The zero-order valence-corrected chi connectivity index (χ0v) is 5.87. The number of thiol groups is 1. The smallest absolute Gasteiger partial charge is 0.0894 e. The lowest BCUT2D eigenvalue weighted by Crippen LogP contribution is -1.88. The number of hydrogen-bond donors (Lipinski definition) is 1. The van der Waals surface area contributed by atoms with Crippen molar-refractivity contribution in [1.29, 1.82) is 0 Å². The summed E-state index contributed by atoms with van der Waals surface area (Å²) in [4.78, 5) is 4.06. The van der Waals surface area contributed by atoms with Crippen LogP contribution in [0.1, 0.15) is 20.8 Å². The molecule has 0 rings (SSSR count). The summed E-state index contributed by atoms with van der Waals surface area (Å²) in [5.74, 6) is 0. The lowest BCUT2D eigenvalue weighted by molar-refractivity contribution is 1.05. The molecule has 0 bridgehead atoms. The second kappa shape index (κ2) is 3.08. The number of nitrogens with zero attached hydrogens (tertiary/aromatic N) is 1. The van der Waals surface area contributed by atoms with Crippen molar-refractivity contribution in [3.05, 3.63) is 0 Å². The zero-order chi connectivity index (χ0) is 5.86. The molecule has 0 spiro atoms. The minimum atomic E-state index is 0.157. The molecule has 0 amide bonds. The van der Waals surface area contributed by atoms with Crippen LogP contribution in [0.2, 0.25) is 0 Å². The second-order valence-corrected chi connectivity index (χ2v) is 2.46. The van der Waals surface area contributed by atoms with Crippen molar-refractivity contribution in [2.45, 2.75) is 26.1 Å². The minimum absolute atomic E-state index is 0.157. The van der Waals surface area contributed by atoms with Crippen LogP contribution >= 0.6 is 12.6 Å². The highest BCUT2D eigenvalue weighted by Gasteiger charge is 1.83. The van der Waals surface area contributed by atoms with Crippen LogP contribution in [0.3, 0.4) is 0 Å². The summed E-state index contributed by atoms with van der Waals surface area (Å²) in [5, 5.41) is 0.157. The molecule has 1 unspecified atom stereocenters. The molecule has 42 valence electrons. The monoisotopic (exact) mass is 117 g/mol. The summed E-state index contributed by atoms with van der Waals surface area (Å²) in [7, 11) is 0. The van der Waals surface area contributed by atoms with Gasteiger partial charge < -0.3 is 0 Å². The fraction of sp³-hybridized carbons (Fsp3) is 0.800. The molecule has 1 atom stereocenters. The van der Waals surface area contributed by atoms with Crippen molar-refractivity contribution in [3.8, 4) is 0 Å². The first kappa shape index (κ1) is 7.02. The van der Waals surface area contributed by atoms with E-state index in [4.69, 9.17) is 0 Å². The summed E-state index contributed by atoms with van der Waals surface area (Å²) >= 11 is 4.05. The standard InChI is InChI=1S/C5H11NS/c1-4(2)6-5(3)7/h5,7H,1-3H3. The normalized spacial score (nSPS) is 13.1. The van der Waals surface area contributed by atoms with Gasteiger partial charge in [0.05, 0.1) is 5.37 Å². The van der Waals surface area contributed by atoms with Crippen LogP contribution in [-0.4, -0.2) is 11.1 Å².